The van der Waals surface area contributed by atoms with Crippen molar-refractivity contribution in [1.29, 1.82) is 0 Å². The Morgan fingerprint density at radius 3 is 2.40 bits per heavy atom. The molecule has 0 aliphatic heterocycles. The average Bonchev–Trinajstić information content (AvgIpc) is 2.70. The number of benzene rings is 1. The van der Waals surface area contributed by atoms with Crippen LogP contribution in [0.15, 0.2) is 29.2 Å². The molecule has 0 saturated carbocycles. The van der Waals surface area contributed by atoms with Crippen LogP contribution in [0.2, 0.25) is 0 Å². The van der Waals surface area contributed by atoms with Gasteiger partial charge >= 0.3 is 0 Å². The molecule has 0 unspecified atom stereocenters. The highest BCUT2D eigenvalue weighted by atomic mass is 32.2. The van der Waals surface area contributed by atoms with Crippen LogP contribution in [0.1, 0.15) is 13.8 Å². The predicted molar refractivity (Wildman–Crippen MR) is 80.8 cm³/mol. The van der Waals surface area contributed by atoms with Gasteiger partial charge < -0.3 is 0 Å². The van der Waals surface area contributed by atoms with E-state index in [1.807, 2.05) is 4.57 Å². The van der Waals surface area contributed by atoms with Gasteiger partial charge in [0.15, 0.2) is 20.4 Å². The Morgan fingerprint density at radius 2 is 1.90 bits per heavy atom. The Balaban J connectivity index is 2.45. The molecule has 1 heterocycles. The van der Waals surface area contributed by atoms with Crippen LogP contribution in [-0.4, -0.2) is 29.4 Å². The van der Waals surface area contributed by atoms with Gasteiger partial charge in [0, 0.05) is 18.4 Å². The van der Waals surface area contributed by atoms with E-state index >= 15 is 0 Å². The van der Waals surface area contributed by atoms with Gasteiger partial charge in [-0.25, -0.2) is 8.42 Å². The molecule has 0 aliphatic rings. The fourth-order valence-electron chi connectivity index (χ4n) is 1.92. The van der Waals surface area contributed by atoms with Gasteiger partial charge in [0.1, 0.15) is 0 Å². The van der Waals surface area contributed by atoms with Crippen molar-refractivity contribution in [2.75, 3.05) is 6.26 Å². The number of aromatic nitrogens is 3. The molecule has 0 spiro atoms. The maximum atomic E-state index is 11.5. The Bertz CT molecular complexity index is 756. The maximum Gasteiger partial charge on any atom is 0.195 e. The second kappa shape index (κ2) is 5.49. The molecule has 0 atom stereocenters. The maximum absolute atomic E-state index is 11.5. The van der Waals surface area contributed by atoms with Crippen molar-refractivity contribution in [1.82, 2.24) is 14.8 Å². The van der Waals surface area contributed by atoms with Crippen LogP contribution in [0.4, 0.5) is 0 Å². The van der Waals surface area contributed by atoms with E-state index < -0.39 is 9.84 Å². The van der Waals surface area contributed by atoms with Crippen LogP contribution in [0.25, 0.3) is 11.4 Å². The van der Waals surface area contributed by atoms with Crippen LogP contribution in [-0.2, 0) is 16.4 Å². The lowest BCUT2D eigenvalue weighted by Gasteiger charge is -2.09. The Morgan fingerprint density at radius 1 is 1.30 bits per heavy atom. The molecule has 0 radical (unpaired) electrons. The van der Waals surface area contributed by atoms with E-state index in [1.165, 1.54) is 6.26 Å². The molecule has 1 aromatic heterocycles. The first kappa shape index (κ1) is 14.9. The average molecular weight is 311 g/mol. The van der Waals surface area contributed by atoms with Crippen molar-refractivity contribution in [2.45, 2.75) is 25.3 Å². The summed E-state index contributed by atoms with van der Waals surface area (Å²) in [7, 11) is -3.18. The third kappa shape index (κ3) is 3.16. The summed E-state index contributed by atoms with van der Waals surface area (Å²) >= 11 is 5.23. The summed E-state index contributed by atoms with van der Waals surface area (Å²) in [4.78, 5) is 0.297. The minimum Gasteiger partial charge on any atom is -0.300 e. The van der Waals surface area contributed by atoms with Gasteiger partial charge in [-0.05, 0) is 42.4 Å². The summed E-state index contributed by atoms with van der Waals surface area (Å²) in [5, 5.41) is 7.01. The molecular weight excluding hydrogens is 294 g/mol. The number of aromatic amines is 1. The summed E-state index contributed by atoms with van der Waals surface area (Å²) < 4.78 is 25.4. The zero-order valence-electron chi connectivity index (χ0n) is 11.6. The van der Waals surface area contributed by atoms with E-state index in [0.29, 0.717) is 15.6 Å². The van der Waals surface area contributed by atoms with Gasteiger partial charge in [-0.1, -0.05) is 13.8 Å². The summed E-state index contributed by atoms with van der Waals surface area (Å²) in [6.07, 6.45) is 1.19. The van der Waals surface area contributed by atoms with Crippen LogP contribution >= 0.6 is 12.2 Å². The van der Waals surface area contributed by atoms with Gasteiger partial charge in [-0.15, -0.1) is 0 Å². The lowest BCUT2D eigenvalue weighted by molar-refractivity contribution is 0.521. The molecule has 1 aromatic carbocycles. The van der Waals surface area contributed by atoms with Gasteiger partial charge in [-0.3, -0.25) is 9.67 Å². The minimum absolute atomic E-state index is 0.297. The minimum atomic E-state index is -3.18. The van der Waals surface area contributed by atoms with E-state index in [1.54, 1.807) is 24.3 Å². The molecule has 0 bridgehead atoms. The fourth-order valence-corrected chi connectivity index (χ4v) is 2.76. The van der Waals surface area contributed by atoms with Gasteiger partial charge in [0.05, 0.1) is 4.90 Å². The normalized spacial score (nSPS) is 12.0. The molecule has 108 valence electrons. The first-order chi connectivity index (χ1) is 9.29. The molecular formula is C13H17N3O2S2. The SMILES string of the molecule is CC(C)Cn1c(-c2ccc(S(C)(=O)=O)cc2)n[nH]c1=S. The number of nitrogens with one attached hydrogen (secondary N) is 1. The van der Waals surface area contributed by atoms with E-state index in [9.17, 15) is 8.42 Å². The van der Waals surface area contributed by atoms with Gasteiger partial charge in [0.2, 0.25) is 0 Å². The molecule has 2 aromatic rings. The first-order valence-corrected chi connectivity index (χ1v) is 8.54. The lowest BCUT2D eigenvalue weighted by atomic mass is 10.2. The molecule has 20 heavy (non-hydrogen) atoms. The van der Waals surface area contributed by atoms with E-state index in [2.05, 4.69) is 24.0 Å². The smallest absolute Gasteiger partial charge is 0.195 e. The highest BCUT2D eigenvalue weighted by molar-refractivity contribution is 7.90. The quantitative estimate of drug-likeness (QED) is 0.882. The predicted octanol–water partition coefficient (Wildman–Crippen LogP) is 2.67. The van der Waals surface area contributed by atoms with Gasteiger partial charge in [-0.2, -0.15) is 5.10 Å². The third-order valence-electron chi connectivity index (χ3n) is 2.85. The Kier molecular flexibility index (Phi) is 4.10. The number of hydrogen-bond acceptors (Lipinski definition) is 4. The summed E-state index contributed by atoms with van der Waals surface area (Å²) in [5.74, 6) is 1.16. The van der Waals surface area contributed by atoms with Crippen LogP contribution in [0.3, 0.4) is 0 Å². The third-order valence-corrected chi connectivity index (χ3v) is 4.29. The number of sulfone groups is 1. The van der Waals surface area contributed by atoms with Crippen molar-refractivity contribution in [3.8, 4) is 11.4 Å². The summed E-state index contributed by atoms with van der Waals surface area (Å²) in [6.45, 7) is 4.97. The topological polar surface area (TPSA) is 67.8 Å². The van der Waals surface area contributed by atoms with E-state index in [4.69, 9.17) is 12.2 Å². The molecule has 0 amide bonds. The first-order valence-electron chi connectivity index (χ1n) is 6.24. The number of rotatable bonds is 4. The molecule has 7 heteroatoms. The van der Waals surface area contributed by atoms with Crippen molar-refractivity contribution in [2.24, 2.45) is 5.92 Å². The Hall–Kier alpha value is -1.47. The lowest BCUT2D eigenvalue weighted by Crippen LogP contribution is -2.06. The van der Waals surface area contributed by atoms with Gasteiger partial charge in [0.25, 0.3) is 0 Å². The van der Waals surface area contributed by atoms with Crippen molar-refractivity contribution in [3.05, 3.63) is 29.0 Å². The zero-order chi connectivity index (χ0) is 14.9. The van der Waals surface area contributed by atoms with Crippen LogP contribution in [0, 0.1) is 10.7 Å². The molecule has 0 saturated heterocycles. The summed E-state index contributed by atoms with van der Waals surface area (Å²) in [6, 6.07) is 6.67. The standard InChI is InChI=1S/C13H17N3O2S2/c1-9(2)8-16-12(14-15-13(16)19)10-4-6-11(7-5-10)20(3,17)18/h4-7,9H,8H2,1-3H3,(H,15,19). The number of H-pyrrole nitrogens is 1. The van der Waals surface area contributed by atoms with E-state index in [0.717, 1.165) is 17.9 Å². The second-order valence-electron chi connectivity index (χ2n) is 5.15. The van der Waals surface area contributed by atoms with E-state index in [-0.39, 0.29) is 0 Å². The molecule has 5 nitrogen and oxygen atoms in total. The summed E-state index contributed by atoms with van der Waals surface area (Å²) in [5.41, 5.74) is 0.838. The van der Waals surface area contributed by atoms with Crippen LogP contribution < -0.4 is 0 Å². The monoisotopic (exact) mass is 311 g/mol. The molecule has 2 rings (SSSR count). The van der Waals surface area contributed by atoms with Crippen molar-refractivity contribution in [3.63, 3.8) is 0 Å². The van der Waals surface area contributed by atoms with Crippen LogP contribution in [0.5, 0.6) is 0 Å². The fraction of sp³-hybridized carbons (Fsp3) is 0.385. The number of nitrogens with zero attached hydrogens (tertiary/aromatic N) is 2. The Labute approximate surface area is 123 Å². The number of hydrogen-bond donors (Lipinski definition) is 1. The molecule has 1 N–H and O–H groups in total. The largest absolute Gasteiger partial charge is 0.300 e. The van der Waals surface area contributed by atoms with Crippen molar-refractivity contribution >= 4 is 22.1 Å². The highest BCUT2D eigenvalue weighted by Gasteiger charge is 2.12. The zero-order valence-corrected chi connectivity index (χ0v) is 13.3. The second-order valence-corrected chi connectivity index (χ2v) is 7.56. The molecule has 0 fully saturated rings. The van der Waals surface area contributed by atoms with Crippen molar-refractivity contribution < 1.29 is 8.42 Å². The highest BCUT2D eigenvalue weighted by Crippen LogP contribution is 2.20. The molecule has 0 aliphatic carbocycles.